The summed E-state index contributed by atoms with van der Waals surface area (Å²) in [5, 5.41) is 14.2. The van der Waals surface area contributed by atoms with Crippen molar-refractivity contribution < 1.29 is 0 Å². The van der Waals surface area contributed by atoms with Gasteiger partial charge in [0, 0.05) is 36.4 Å². The van der Waals surface area contributed by atoms with Gasteiger partial charge in [-0.2, -0.15) is 0 Å². The Morgan fingerprint density at radius 1 is 0.947 bits per heavy atom. The number of pyridine rings is 1. The van der Waals surface area contributed by atoms with Crippen LogP contribution in [-0.2, 0) is 25.9 Å². The monoisotopic (exact) mass is 510 g/mol. The molecular weight excluding hydrogens is 476 g/mol. The topological polar surface area (TPSA) is 99.2 Å². The Hall–Kier alpha value is -4.27. The highest BCUT2D eigenvalue weighted by Crippen LogP contribution is 2.25. The maximum atomic E-state index is 13.9. The summed E-state index contributed by atoms with van der Waals surface area (Å²) in [5.41, 5.74) is 6.02. The van der Waals surface area contributed by atoms with Crippen LogP contribution in [0.2, 0.25) is 0 Å². The molecule has 0 fully saturated rings. The number of rotatable bonds is 11. The number of imidazole rings is 1. The summed E-state index contributed by atoms with van der Waals surface area (Å²) >= 11 is 0. The van der Waals surface area contributed by atoms with Gasteiger partial charge in [0.1, 0.15) is 5.82 Å². The molecule has 9 heteroatoms. The SMILES string of the molecule is CCCCc1cn(-c2c(CCC)ccn2CC)c(=O)n1Cc1cc(-c2cccc(-c3nnn[nH]3)c2)ccn1. The Kier molecular flexibility index (Phi) is 7.62. The molecule has 1 N–H and O–H groups in total. The molecule has 0 atom stereocenters. The first-order valence-electron chi connectivity index (χ1n) is 13.4. The minimum atomic E-state index is -0.0196. The van der Waals surface area contributed by atoms with E-state index in [1.54, 1.807) is 0 Å². The zero-order chi connectivity index (χ0) is 26.5. The first-order chi connectivity index (χ1) is 18.6. The lowest BCUT2D eigenvalue weighted by Crippen LogP contribution is -2.26. The molecule has 0 saturated heterocycles. The predicted molar refractivity (Wildman–Crippen MR) is 148 cm³/mol. The van der Waals surface area contributed by atoms with Crippen LogP contribution in [0, 0.1) is 0 Å². The summed E-state index contributed by atoms with van der Waals surface area (Å²) in [6, 6.07) is 14.2. The summed E-state index contributed by atoms with van der Waals surface area (Å²) in [7, 11) is 0. The fourth-order valence-electron chi connectivity index (χ4n) is 4.96. The van der Waals surface area contributed by atoms with Gasteiger partial charge in [-0.1, -0.05) is 44.9 Å². The van der Waals surface area contributed by atoms with Gasteiger partial charge < -0.3 is 4.57 Å². The highest BCUT2D eigenvalue weighted by Gasteiger charge is 2.18. The molecule has 9 nitrogen and oxygen atoms in total. The van der Waals surface area contributed by atoms with Crippen molar-refractivity contribution in [1.29, 1.82) is 0 Å². The number of H-pyrrole nitrogens is 1. The number of unbranched alkanes of at least 4 members (excludes halogenated alkanes) is 1. The van der Waals surface area contributed by atoms with Gasteiger partial charge >= 0.3 is 5.69 Å². The number of hydrogen-bond acceptors (Lipinski definition) is 5. The lowest BCUT2D eigenvalue weighted by Gasteiger charge is -2.10. The molecule has 4 heterocycles. The van der Waals surface area contributed by atoms with E-state index in [0.717, 1.165) is 72.5 Å². The fraction of sp³-hybridized carbons (Fsp3) is 0.345. The minimum absolute atomic E-state index is 0.0196. The molecule has 0 unspecified atom stereocenters. The third-order valence-corrected chi connectivity index (χ3v) is 6.90. The highest BCUT2D eigenvalue weighted by atomic mass is 16.1. The van der Waals surface area contributed by atoms with Crippen LogP contribution in [0.15, 0.2) is 65.8 Å². The highest BCUT2D eigenvalue weighted by molar-refractivity contribution is 5.70. The van der Waals surface area contributed by atoms with Crippen LogP contribution in [0.5, 0.6) is 0 Å². The zero-order valence-electron chi connectivity index (χ0n) is 22.3. The Morgan fingerprint density at radius 2 is 1.79 bits per heavy atom. The second-order valence-electron chi connectivity index (χ2n) is 9.53. The van der Waals surface area contributed by atoms with Crippen molar-refractivity contribution in [1.82, 2.24) is 39.3 Å². The van der Waals surface area contributed by atoms with E-state index in [4.69, 9.17) is 0 Å². The van der Waals surface area contributed by atoms with Crippen LogP contribution in [0.3, 0.4) is 0 Å². The Labute approximate surface area is 222 Å². The molecule has 0 spiro atoms. The Bertz CT molecular complexity index is 1560. The van der Waals surface area contributed by atoms with Gasteiger partial charge in [-0.15, -0.1) is 5.10 Å². The lowest BCUT2D eigenvalue weighted by molar-refractivity contribution is 0.655. The van der Waals surface area contributed by atoms with E-state index in [2.05, 4.69) is 75.3 Å². The first-order valence-corrected chi connectivity index (χ1v) is 13.4. The Balaban J connectivity index is 1.52. The lowest BCUT2D eigenvalue weighted by atomic mass is 10.0. The van der Waals surface area contributed by atoms with Crippen molar-refractivity contribution in [2.24, 2.45) is 0 Å². The zero-order valence-corrected chi connectivity index (χ0v) is 22.3. The fourth-order valence-corrected chi connectivity index (χ4v) is 4.96. The molecular formula is C29H34N8O. The summed E-state index contributed by atoms with van der Waals surface area (Å²) in [5.74, 6) is 1.60. The largest absolute Gasteiger partial charge is 0.334 e. The van der Waals surface area contributed by atoms with Crippen LogP contribution in [0.4, 0.5) is 0 Å². The van der Waals surface area contributed by atoms with E-state index in [1.165, 1.54) is 5.56 Å². The average molecular weight is 511 g/mol. The molecule has 38 heavy (non-hydrogen) atoms. The molecule has 4 aromatic heterocycles. The summed E-state index contributed by atoms with van der Waals surface area (Å²) in [6.45, 7) is 7.69. The Morgan fingerprint density at radius 3 is 2.55 bits per heavy atom. The van der Waals surface area contributed by atoms with Crippen LogP contribution in [0.1, 0.15) is 57.0 Å². The van der Waals surface area contributed by atoms with Gasteiger partial charge in [-0.3, -0.25) is 14.1 Å². The molecule has 0 aliphatic heterocycles. The number of benzene rings is 1. The van der Waals surface area contributed by atoms with E-state index in [-0.39, 0.29) is 5.69 Å². The molecule has 0 radical (unpaired) electrons. The average Bonchev–Trinajstić information content (AvgIpc) is 3.69. The van der Waals surface area contributed by atoms with Crippen molar-refractivity contribution in [2.45, 2.75) is 66.0 Å². The maximum Gasteiger partial charge on any atom is 0.334 e. The molecule has 0 bridgehead atoms. The van der Waals surface area contributed by atoms with E-state index in [1.807, 2.05) is 45.8 Å². The standard InChI is InChI=1S/C29H34N8O/c1-4-7-12-26-20-37(28-21(9-5-2)14-16-35(28)6-3)29(38)36(26)19-25-18-23(13-15-30-25)22-10-8-11-24(17-22)27-31-33-34-32-27/h8,10-11,13-18,20H,4-7,9,12,19H2,1-3H3,(H,31,32,33,34). The first kappa shape index (κ1) is 25.4. The molecule has 0 aliphatic rings. The van der Waals surface area contributed by atoms with Gasteiger partial charge in [0.25, 0.3) is 0 Å². The molecule has 5 rings (SSSR count). The summed E-state index contributed by atoms with van der Waals surface area (Å²) < 4.78 is 5.90. The molecule has 1 aromatic carbocycles. The number of aromatic amines is 1. The van der Waals surface area contributed by atoms with E-state index < -0.39 is 0 Å². The number of aryl methyl sites for hydroxylation is 3. The van der Waals surface area contributed by atoms with Crippen molar-refractivity contribution in [2.75, 3.05) is 0 Å². The van der Waals surface area contributed by atoms with Crippen molar-refractivity contribution in [3.63, 3.8) is 0 Å². The third-order valence-electron chi connectivity index (χ3n) is 6.90. The molecule has 0 amide bonds. The van der Waals surface area contributed by atoms with Gasteiger partial charge in [0.05, 0.1) is 12.2 Å². The van der Waals surface area contributed by atoms with Crippen LogP contribution in [0.25, 0.3) is 28.3 Å². The number of aromatic nitrogens is 8. The van der Waals surface area contributed by atoms with Crippen LogP contribution >= 0.6 is 0 Å². The second kappa shape index (κ2) is 11.4. The maximum absolute atomic E-state index is 13.9. The van der Waals surface area contributed by atoms with Crippen molar-refractivity contribution in [3.05, 3.63) is 88.5 Å². The molecule has 5 aromatic rings. The number of tetrazole rings is 1. The molecule has 196 valence electrons. The molecule has 0 saturated carbocycles. The third kappa shape index (κ3) is 5.09. The van der Waals surface area contributed by atoms with Gasteiger partial charge in [-0.05, 0) is 77.6 Å². The van der Waals surface area contributed by atoms with E-state index >= 15 is 0 Å². The summed E-state index contributed by atoms with van der Waals surface area (Å²) in [6.07, 6.45) is 10.8. The number of hydrogen-bond donors (Lipinski definition) is 1. The molecule has 0 aliphatic carbocycles. The number of nitrogens with zero attached hydrogens (tertiary/aromatic N) is 7. The van der Waals surface area contributed by atoms with E-state index in [0.29, 0.717) is 12.4 Å². The van der Waals surface area contributed by atoms with Crippen molar-refractivity contribution >= 4 is 0 Å². The number of nitrogens with one attached hydrogen (secondary N) is 1. The van der Waals surface area contributed by atoms with Gasteiger partial charge in [0.2, 0.25) is 0 Å². The minimum Gasteiger partial charge on any atom is -0.334 e. The second-order valence-corrected chi connectivity index (χ2v) is 9.53. The smallest absolute Gasteiger partial charge is 0.334 e. The predicted octanol–water partition coefficient (Wildman–Crippen LogP) is 5.05. The van der Waals surface area contributed by atoms with Gasteiger partial charge in [0.15, 0.2) is 5.82 Å². The van der Waals surface area contributed by atoms with Crippen LogP contribution in [-0.4, -0.2) is 39.3 Å². The van der Waals surface area contributed by atoms with E-state index in [9.17, 15) is 4.79 Å². The quantitative estimate of drug-likeness (QED) is 0.268. The van der Waals surface area contributed by atoms with Crippen LogP contribution < -0.4 is 5.69 Å². The normalized spacial score (nSPS) is 11.3. The van der Waals surface area contributed by atoms with Gasteiger partial charge in [-0.25, -0.2) is 9.89 Å². The van der Waals surface area contributed by atoms with Crippen molar-refractivity contribution in [3.8, 4) is 28.3 Å². The summed E-state index contributed by atoms with van der Waals surface area (Å²) in [4.78, 5) is 18.5.